The van der Waals surface area contributed by atoms with Gasteiger partial charge in [-0.1, -0.05) is 20.8 Å². The van der Waals surface area contributed by atoms with Crippen LogP contribution >= 0.6 is 0 Å². The molecule has 2 unspecified atom stereocenters. The van der Waals surface area contributed by atoms with Crippen molar-refractivity contribution >= 4 is 11.9 Å². The molecule has 33 heavy (non-hydrogen) atoms. The van der Waals surface area contributed by atoms with E-state index >= 15 is 0 Å². The van der Waals surface area contributed by atoms with E-state index in [4.69, 9.17) is 23.7 Å². The van der Waals surface area contributed by atoms with Crippen molar-refractivity contribution in [1.29, 1.82) is 0 Å². The molecule has 5 aliphatic rings. The lowest BCUT2D eigenvalue weighted by Gasteiger charge is -2.47. The fourth-order valence-corrected chi connectivity index (χ4v) is 7.54. The molecule has 4 aliphatic heterocycles. The summed E-state index contributed by atoms with van der Waals surface area (Å²) < 4.78 is 31.8. The molecule has 7 heteroatoms. The van der Waals surface area contributed by atoms with Crippen molar-refractivity contribution in [3.63, 3.8) is 0 Å². The molecule has 1 saturated carbocycles. The first-order valence-electron chi connectivity index (χ1n) is 12.9. The second-order valence-corrected chi connectivity index (χ2v) is 11.8. The zero-order valence-corrected chi connectivity index (χ0v) is 20.9. The van der Waals surface area contributed by atoms with E-state index in [0.29, 0.717) is 31.3 Å². The number of carbonyl (C=O) groups is 2. The SMILES string of the molecule is CCCC(=O)O[C@H]1[C@H]2C3C[C@@]4(C)O[C@H]4C[C@@H](OC(C)=O)[C@]4(C)OCC(C)[C@H](C[C@H]1C)[C@@H]2[C@@H]4O3. The molecule has 0 radical (unpaired) electrons. The Morgan fingerprint density at radius 3 is 2.52 bits per heavy atom. The highest BCUT2D eigenvalue weighted by Gasteiger charge is 2.69. The van der Waals surface area contributed by atoms with E-state index in [2.05, 4.69) is 27.7 Å². The van der Waals surface area contributed by atoms with Crippen LogP contribution in [0.4, 0.5) is 0 Å². The quantitative estimate of drug-likeness (QED) is 0.464. The Morgan fingerprint density at radius 1 is 1.06 bits per heavy atom. The largest absolute Gasteiger partial charge is 0.462 e. The van der Waals surface area contributed by atoms with Crippen LogP contribution in [0.3, 0.4) is 0 Å². The second kappa shape index (κ2) is 8.20. The van der Waals surface area contributed by atoms with Crippen molar-refractivity contribution in [2.45, 2.75) is 115 Å². The van der Waals surface area contributed by atoms with E-state index in [0.717, 1.165) is 19.3 Å². The van der Waals surface area contributed by atoms with E-state index in [9.17, 15) is 9.59 Å². The van der Waals surface area contributed by atoms with Crippen molar-refractivity contribution in [2.24, 2.45) is 29.6 Å². The maximum Gasteiger partial charge on any atom is 0.306 e. The van der Waals surface area contributed by atoms with Gasteiger partial charge in [0.25, 0.3) is 0 Å². The molecule has 0 aromatic heterocycles. The lowest BCUT2D eigenvalue weighted by molar-refractivity contribution is -0.203. The molecule has 0 aromatic carbocycles. The molecule has 0 amide bonds. The highest BCUT2D eigenvalue weighted by molar-refractivity contribution is 5.69. The molecule has 4 heterocycles. The molecule has 1 aliphatic carbocycles. The van der Waals surface area contributed by atoms with Crippen LogP contribution in [-0.4, -0.2) is 60.3 Å². The topological polar surface area (TPSA) is 83.6 Å². The molecule has 2 bridgehead atoms. The molecule has 186 valence electrons. The maximum absolute atomic E-state index is 12.6. The van der Waals surface area contributed by atoms with Crippen LogP contribution in [0.2, 0.25) is 0 Å². The number of ether oxygens (including phenoxy) is 5. The van der Waals surface area contributed by atoms with E-state index in [1.807, 2.05) is 6.92 Å². The van der Waals surface area contributed by atoms with E-state index in [1.165, 1.54) is 6.92 Å². The van der Waals surface area contributed by atoms with E-state index in [-0.39, 0.29) is 59.7 Å². The van der Waals surface area contributed by atoms with Crippen molar-refractivity contribution < 1.29 is 33.3 Å². The van der Waals surface area contributed by atoms with Gasteiger partial charge in [-0.25, -0.2) is 0 Å². The lowest BCUT2D eigenvalue weighted by Crippen LogP contribution is -2.57. The van der Waals surface area contributed by atoms with Crippen LogP contribution in [0, 0.1) is 29.6 Å². The van der Waals surface area contributed by atoms with Crippen LogP contribution in [0.5, 0.6) is 0 Å². The molecule has 0 N–H and O–H groups in total. The first kappa shape index (κ1) is 23.6. The standard InChI is InChI=1S/C26H40O7/c1-7-8-20(28)32-23-13(2)9-16-14(3)12-29-26(6)19(30-15(4)27)10-18-25(5,33-18)11-17-22(23)21(16)24(26)31-17/h13-14,16-19,21-24H,7-12H2,1-6H3/t13-,14?,16+,17?,18+,19-,21+,22+,23-,24+,25-,26+/m1/s1. The number of rotatable bonds is 4. The zero-order valence-electron chi connectivity index (χ0n) is 20.9. The lowest BCUT2D eigenvalue weighted by atomic mass is 9.59. The Morgan fingerprint density at radius 2 is 1.82 bits per heavy atom. The Hall–Kier alpha value is -1.18. The molecule has 5 fully saturated rings. The monoisotopic (exact) mass is 464 g/mol. The molecule has 0 spiro atoms. The van der Waals surface area contributed by atoms with Crippen LogP contribution in [-0.2, 0) is 33.3 Å². The first-order valence-corrected chi connectivity index (χ1v) is 12.9. The maximum atomic E-state index is 12.6. The van der Waals surface area contributed by atoms with Crippen molar-refractivity contribution in [3.05, 3.63) is 0 Å². The van der Waals surface area contributed by atoms with Crippen molar-refractivity contribution in [1.82, 2.24) is 0 Å². The third-order valence-corrected chi connectivity index (χ3v) is 9.32. The van der Waals surface area contributed by atoms with Gasteiger partial charge in [0.05, 0.1) is 30.5 Å². The summed E-state index contributed by atoms with van der Waals surface area (Å²) >= 11 is 0. The fourth-order valence-electron chi connectivity index (χ4n) is 7.54. The Labute approximate surface area is 197 Å². The predicted octanol–water partition coefficient (Wildman–Crippen LogP) is 3.66. The molecule has 4 saturated heterocycles. The third kappa shape index (κ3) is 3.82. The number of carbonyl (C=O) groups excluding carboxylic acids is 2. The van der Waals surface area contributed by atoms with Crippen molar-refractivity contribution in [3.8, 4) is 0 Å². The molecular formula is C26H40O7. The summed E-state index contributed by atoms with van der Waals surface area (Å²) in [7, 11) is 0. The average Bonchev–Trinajstić information content (AvgIpc) is 3.22. The van der Waals surface area contributed by atoms with E-state index in [1.54, 1.807) is 0 Å². The zero-order chi connectivity index (χ0) is 23.7. The smallest absolute Gasteiger partial charge is 0.306 e. The van der Waals surface area contributed by atoms with Crippen LogP contribution in [0.1, 0.15) is 73.6 Å². The molecule has 7 nitrogen and oxygen atoms in total. The fraction of sp³-hybridized carbons (Fsp3) is 0.923. The van der Waals surface area contributed by atoms with Gasteiger partial charge >= 0.3 is 11.9 Å². The van der Waals surface area contributed by atoms with E-state index < -0.39 is 11.7 Å². The number of epoxide rings is 1. The van der Waals surface area contributed by atoms with Gasteiger partial charge in [0.1, 0.15) is 17.8 Å². The summed E-state index contributed by atoms with van der Waals surface area (Å²) in [5.41, 5.74) is -1.09. The molecule has 5 rings (SSSR count). The summed E-state index contributed by atoms with van der Waals surface area (Å²) in [5.74, 6) is 0.853. The van der Waals surface area contributed by atoms with Gasteiger partial charge in [-0.2, -0.15) is 0 Å². The summed E-state index contributed by atoms with van der Waals surface area (Å²) in [4.78, 5) is 24.7. The molecular weight excluding hydrogens is 424 g/mol. The predicted molar refractivity (Wildman–Crippen MR) is 119 cm³/mol. The van der Waals surface area contributed by atoms with Crippen LogP contribution in [0.25, 0.3) is 0 Å². The first-order chi connectivity index (χ1) is 15.6. The Bertz CT molecular complexity index is 800. The average molecular weight is 465 g/mol. The third-order valence-electron chi connectivity index (χ3n) is 9.32. The molecule has 0 aromatic rings. The van der Waals surface area contributed by atoms with Gasteiger partial charge in [0.2, 0.25) is 0 Å². The minimum absolute atomic E-state index is 0.00209. The number of fused-ring (bicyclic) bond motifs is 3. The van der Waals surface area contributed by atoms with Gasteiger partial charge in [-0.15, -0.1) is 0 Å². The van der Waals surface area contributed by atoms with Gasteiger partial charge in [0.15, 0.2) is 0 Å². The molecule has 12 atom stereocenters. The van der Waals surface area contributed by atoms with Gasteiger partial charge in [0, 0.05) is 38.0 Å². The summed E-state index contributed by atoms with van der Waals surface area (Å²) in [6.45, 7) is 12.7. The second-order valence-electron chi connectivity index (χ2n) is 11.8. The Kier molecular flexibility index (Phi) is 5.85. The van der Waals surface area contributed by atoms with Gasteiger partial charge in [-0.05, 0) is 44.4 Å². The van der Waals surface area contributed by atoms with Crippen LogP contribution < -0.4 is 0 Å². The highest BCUT2D eigenvalue weighted by Crippen LogP contribution is 2.60. The minimum atomic E-state index is -0.776. The van der Waals surface area contributed by atoms with Gasteiger partial charge in [-0.3, -0.25) is 9.59 Å². The minimum Gasteiger partial charge on any atom is -0.462 e. The van der Waals surface area contributed by atoms with Crippen molar-refractivity contribution in [2.75, 3.05) is 6.61 Å². The number of hydrogen-bond donors (Lipinski definition) is 0. The Balaban J connectivity index is 1.58. The summed E-state index contributed by atoms with van der Waals surface area (Å²) in [6, 6.07) is 0. The number of esters is 2. The van der Waals surface area contributed by atoms with Crippen LogP contribution in [0.15, 0.2) is 0 Å². The highest BCUT2D eigenvalue weighted by atomic mass is 16.6. The number of hydrogen-bond acceptors (Lipinski definition) is 7. The normalized spacial score (nSPS) is 52.4. The summed E-state index contributed by atoms with van der Waals surface area (Å²) in [6.07, 6.45) is 2.65. The summed E-state index contributed by atoms with van der Waals surface area (Å²) in [5, 5.41) is 0. The van der Waals surface area contributed by atoms with Gasteiger partial charge < -0.3 is 23.7 Å².